The maximum atomic E-state index is 13.1. The molecule has 1 saturated heterocycles. The van der Waals surface area contributed by atoms with Crippen molar-refractivity contribution in [2.24, 2.45) is 0 Å². The van der Waals surface area contributed by atoms with Crippen molar-refractivity contribution in [3.8, 4) is 0 Å². The molecule has 7 nitrogen and oxygen atoms in total. The van der Waals surface area contributed by atoms with Crippen molar-refractivity contribution in [3.05, 3.63) is 36.0 Å². The van der Waals surface area contributed by atoms with Crippen LogP contribution < -0.4 is 4.90 Å². The molecular formula is C20H23N5O2S. The molecule has 5 rings (SSSR count). The van der Waals surface area contributed by atoms with Crippen LogP contribution in [0.25, 0.3) is 10.9 Å². The van der Waals surface area contributed by atoms with Gasteiger partial charge < -0.3 is 14.6 Å². The fourth-order valence-electron chi connectivity index (χ4n) is 3.69. The Kier molecular flexibility index (Phi) is 4.60. The number of hydrogen-bond donors (Lipinski definition) is 1. The van der Waals surface area contributed by atoms with E-state index in [0.29, 0.717) is 6.04 Å². The lowest BCUT2D eigenvalue weighted by Gasteiger charge is -2.28. The minimum Gasteiger partial charge on any atom is -0.378 e. The summed E-state index contributed by atoms with van der Waals surface area (Å²) in [5.41, 5.74) is 1.72. The Bertz CT molecular complexity index is 1000. The second-order valence-electron chi connectivity index (χ2n) is 7.36. The van der Waals surface area contributed by atoms with Crippen LogP contribution in [0.1, 0.15) is 36.2 Å². The standard InChI is InChI=1S/C20H23N5O2S/c1-13(18(26)16-12-21-17-5-3-2-4-15(16)17)28-20-23-22-19(25(20)14-6-7-14)24-8-10-27-11-9-24/h2-5,12-14,21H,6-11H2,1H3/t13-/m0/s1. The number of morpholine rings is 1. The second kappa shape index (κ2) is 7.25. The zero-order chi connectivity index (χ0) is 19.1. The number of carbonyl (C=O) groups excluding carboxylic acids is 1. The van der Waals surface area contributed by atoms with E-state index in [1.165, 1.54) is 11.8 Å². The number of ether oxygens (including phenoxy) is 1. The van der Waals surface area contributed by atoms with Crippen molar-refractivity contribution in [2.75, 3.05) is 31.2 Å². The van der Waals surface area contributed by atoms with Gasteiger partial charge >= 0.3 is 0 Å². The number of benzene rings is 1. The molecule has 3 heterocycles. The number of H-pyrrole nitrogens is 1. The minimum atomic E-state index is -0.238. The van der Waals surface area contributed by atoms with E-state index < -0.39 is 0 Å². The third kappa shape index (κ3) is 3.20. The average molecular weight is 398 g/mol. The number of fused-ring (bicyclic) bond motifs is 1. The number of nitrogens with zero attached hydrogens (tertiary/aromatic N) is 4. The largest absolute Gasteiger partial charge is 0.378 e. The van der Waals surface area contributed by atoms with Gasteiger partial charge in [-0.3, -0.25) is 9.36 Å². The number of thioether (sulfide) groups is 1. The number of nitrogens with one attached hydrogen (secondary N) is 1. The summed E-state index contributed by atoms with van der Waals surface area (Å²) < 4.78 is 7.70. The highest BCUT2D eigenvalue weighted by atomic mass is 32.2. The third-order valence-corrected chi connectivity index (χ3v) is 6.42. The molecule has 1 aliphatic carbocycles. The first-order valence-electron chi connectivity index (χ1n) is 9.77. The number of carbonyl (C=O) groups is 1. The fraction of sp³-hybridized carbons (Fsp3) is 0.450. The van der Waals surface area contributed by atoms with E-state index in [2.05, 4.69) is 24.6 Å². The maximum Gasteiger partial charge on any atom is 0.228 e. The normalized spacial score (nSPS) is 18.5. The van der Waals surface area contributed by atoms with E-state index in [9.17, 15) is 4.79 Å². The van der Waals surface area contributed by atoms with Crippen LogP contribution in [0.3, 0.4) is 0 Å². The van der Waals surface area contributed by atoms with Gasteiger partial charge in [0.25, 0.3) is 0 Å². The van der Waals surface area contributed by atoms with Crippen LogP contribution in [-0.4, -0.2) is 57.1 Å². The van der Waals surface area contributed by atoms with E-state index in [0.717, 1.165) is 66.7 Å². The van der Waals surface area contributed by atoms with Gasteiger partial charge in [-0.25, -0.2) is 0 Å². The molecule has 1 aliphatic heterocycles. The van der Waals surface area contributed by atoms with Gasteiger partial charge in [-0.2, -0.15) is 0 Å². The Labute approximate surface area is 167 Å². The number of para-hydroxylation sites is 1. The Morgan fingerprint density at radius 1 is 1.25 bits per heavy atom. The van der Waals surface area contributed by atoms with Crippen molar-refractivity contribution in [1.29, 1.82) is 0 Å². The number of ketones is 1. The molecule has 2 aromatic heterocycles. The molecule has 1 N–H and O–H groups in total. The monoisotopic (exact) mass is 397 g/mol. The molecule has 0 spiro atoms. The Morgan fingerprint density at radius 3 is 2.82 bits per heavy atom. The molecular weight excluding hydrogens is 374 g/mol. The van der Waals surface area contributed by atoms with Gasteiger partial charge in [0.1, 0.15) is 0 Å². The molecule has 1 aromatic carbocycles. The van der Waals surface area contributed by atoms with Crippen LogP contribution in [0, 0.1) is 0 Å². The number of hydrogen-bond acceptors (Lipinski definition) is 6. The first-order valence-corrected chi connectivity index (χ1v) is 10.6. The number of aromatic nitrogens is 4. The highest BCUT2D eigenvalue weighted by Gasteiger charge is 2.33. The van der Waals surface area contributed by atoms with Crippen LogP contribution in [0.2, 0.25) is 0 Å². The zero-order valence-electron chi connectivity index (χ0n) is 15.8. The van der Waals surface area contributed by atoms with Gasteiger partial charge in [0, 0.05) is 41.8 Å². The third-order valence-electron chi connectivity index (χ3n) is 5.36. The van der Waals surface area contributed by atoms with Gasteiger partial charge in [-0.1, -0.05) is 30.0 Å². The quantitative estimate of drug-likeness (QED) is 0.508. The lowest BCUT2D eigenvalue weighted by Crippen LogP contribution is -2.38. The summed E-state index contributed by atoms with van der Waals surface area (Å²) in [7, 11) is 0. The van der Waals surface area contributed by atoms with Crippen molar-refractivity contribution in [3.63, 3.8) is 0 Å². The van der Waals surface area contributed by atoms with E-state index in [1.807, 2.05) is 37.4 Å². The van der Waals surface area contributed by atoms with Crippen molar-refractivity contribution in [1.82, 2.24) is 19.7 Å². The molecule has 0 unspecified atom stereocenters. The van der Waals surface area contributed by atoms with Gasteiger partial charge in [-0.05, 0) is 25.8 Å². The first kappa shape index (κ1) is 17.8. The van der Waals surface area contributed by atoms with E-state index in [4.69, 9.17) is 4.74 Å². The lowest BCUT2D eigenvalue weighted by molar-refractivity contribution is 0.0995. The molecule has 28 heavy (non-hydrogen) atoms. The van der Waals surface area contributed by atoms with Gasteiger partial charge in [0.15, 0.2) is 10.9 Å². The van der Waals surface area contributed by atoms with Crippen LogP contribution in [0.15, 0.2) is 35.6 Å². The molecule has 1 saturated carbocycles. The van der Waals surface area contributed by atoms with Gasteiger partial charge in [0.2, 0.25) is 5.95 Å². The summed E-state index contributed by atoms with van der Waals surface area (Å²) in [6.45, 7) is 5.05. The van der Waals surface area contributed by atoms with Crippen LogP contribution in [0.5, 0.6) is 0 Å². The molecule has 0 amide bonds. The van der Waals surface area contributed by atoms with Crippen LogP contribution in [0.4, 0.5) is 5.95 Å². The summed E-state index contributed by atoms with van der Waals surface area (Å²) in [5.74, 6) is 1.03. The van der Waals surface area contributed by atoms with E-state index in [1.54, 1.807) is 0 Å². The number of Topliss-reactive ketones (excluding diaryl/α,β-unsaturated/α-hetero) is 1. The van der Waals surface area contributed by atoms with Crippen molar-refractivity contribution < 1.29 is 9.53 Å². The van der Waals surface area contributed by atoms with Crippen LogP contribution >= 0.6 is 11.8 Å². The Morgan fingerprint density at radius 2 is 2.04 bits per heavy atom. The smallest absolute Gasteiger partial charge is 0.228 e. The molecule has 3 aromatic rings. The second-order valence-corrected chi connectivity index (χ2v) is 8.66. The molecule has 8 heteroatoms. The summed E-state index contributed by atoms with van der Waals surface area (Å²) in [4.78, 5) is 18.5. The minimum absolute atomic E-state index is 0.112. The van der Waals surface area contributed by atoms with E-state index in [-0.39, 0.29) is 11.0 Å². The molecule has 0 radical (unpaired) electrons. The van der Waals surface area contributed by atoms with Gasteiger partial charge in [-0.15, -0.1) is 10.2 Å². The highest BCUT2D eigenvalue weighted by Crippen LogP contribution is 2.42. The van der Waals surface area contributed by atoms with E-state index >= 15 is 0 Å². The van der Waals surface area contributed by atoms with Crippen LogP contribution in [-0.2, 0) is 4.74 Å². The number of aromatic amines is 1. The first-order chi connectivity index (χ1) is 13.7. The number of rotatable bonds is 6. The maximum absolute atomic E-state index is 13.1. The zero-order valence-corrected chi connectivity index (χ0v) is 16.6. The summed E-state index contributed by atoms with van der Waals surface area (Å²) in [5, 5.41) is 10.5. The average Bonchev–Trinajstić information content (AvgIpc) is 3.34. The Hall–Kier alpha value is -2.32. The predicted octanol–water partition coefficient (Wildman–Crippen LogP) is 3.29. The van der Waals surface area contributed by atoms with Gasteiger partial charge in [0.05, 0.1) is 18.5 Å². The SMILES string of the molecule is C[C@H](Sc1nnc(N2CCOCC2)n1C1CC1)C(=O)c1c[nH]c2ccccc12. The highest BCUT2D eigenvalue weighted by molar-refractivity contribution is 8.00. The molecule has 1 atom stereocenters. The predicted molar refractivity (Wildman–Crippen MR) is 109 cm³/mol. The van der Waals surface area contributed by atoms with Crippen molar-refractivity contribution in [2.45, 2.75) is 36.2 Å². The van der Waals surface area contributed by atoms with Crippen molar-refractivity contribution >= 4 is 34.4 Å². The molecule has 2 aliphatic rings. The summed E-state index contributed by atoms with van der Waals surface area (Å²) >= 11 is 1.51. The molecule has 146 valence electrons. The summed E-state index contributed by atoms with van der Waals surface area (Å²) in [6, 6.07) is 8.35. The Balaban J connectivity index is 1.39. The topological polar surface area (TPSA) is 76.0 Å². The lowest BCUT2D eigenvalue weighted by atomic mass is 10.1. The molecule has 0 bridgehead atoms. The fourth-order valence-corrected chi connectivity index (χ4v) is 4.67. The summed E-state index contributed by atoms with van der Waals surface area (Å²) in [6.07, 6.45) is 4.11. The molecule has 2 fully saturated rings. The number of anilines is 1.